The first kappa shape index (κ1) is 15.8. The lowest BCUT2D eigenvalue weighted by atomic mass is 10.2. The van der Waals surface area contributed by atoms with Crippen molar-refractivity contribution >= 4 is 23.5 Å². The van der Waals surface area contributed by atoms with Crippen LogP contribution in [0.3, 0.4) is 0 Å². The third kappa shape index (κ3) is 4.73. The van der Waals surface area contributed by atoms with E-state index in [4.69, 9.17) is 0 Å². The molecule has 2 rings (SSSR count). The lowest BCUT2D eigenvalue weighted by Gasteiger charge is -2.10. The normalized spacial score (nSPS) is 10.1. The summed E-state index contributed by atoms with van der Waals surface area (Å²) in [5.74, 6) is 0.990. The highest BCUT2D eigenvalue weighted by Crippen LogP contribution is 2.12. The number of benzene rings is 1. The molecule has 1 aromatic heterocycles. The van der Waals surface area contributed by atoms with Crippen LogP contribution in [0.5, 0.6) is 0 Å². The second-order valence-electron chi connectivity index (χ2n) is 5.09. The fourth-order valence-electron chi connectivity index (χ4n) is 1.95. The molecule has 0 unspecified atom stereocenters. The quantitative estimate of drug-likeness (QED) is 0.788. The lowest BCUT2D eigenvalue weighted by Crippen LogP contribution is -2.21. The van der Waals surface area contributed by atoms with Crippen LogP contribution in [0.2, 0.25) is 0 Å². The van der Waals surface area contributed by atoms with Crippen molar-refractivity contribution in [3.8, 4) is 0 Å². The average molecular weight is 299 g/mol. The van der Waals surface area contributed by atoms with Crippen LogP contribution in [0.1, 0.15) is 24.6 Å². The molecule has 0 aliphatic heterocycles. The zero-order valence-corrected chi connectivity index (χ0v) is 13.1. The number of rotatable bonds is 5. The van der Waals surface area contributed by atoms with Crippen molar-refractivity contribution in [2.75, 3.05) is 22.5 Å². The molecule has 6 nitrogen and oxygen atoms in total. The predicted molar refractivity (Wildman–Crippen MR) is 89.4 cm³/mol. The van der Waals surface area contributed by atoms with E-state index in [1.165, 1.54) is 0 Å². The topological polar surface area (TPSA) is 78.9 Å². The summed E-state index contributed by atoms with van der Waals surface area (Å²) in [5, 5.41) is 8.60. The Hall–Kier alpha value is -2.63. The Labute approximate surface area is 130 Å². The molecule has 1 aromatic carbocycles. The number of nitrogens with one attached hydrogen (secondary N) is 3. The maximum absolute atomic E-state index is 12.0. The van der Waals surface area contributed by atoms with Crippen LogP contribution in [0.15, 0.2) is 30.3 Å². The van der Waals surface area contributed by atoms with Gasteiger partial charge in [0.05, 0.1) is 0 Å². The molecule has 0 aliphatic carbocycles. The van der Waals surface area contributed by atoms with Gasteiger partial charge < -0.3 is 10.6 Å². The van der Waals surface area contributed by atoms with E-state index < -0.39 is 0 Å². The number of aromatic nitrogens is 2. The fourth-order valence-corrected chi connectivity index (χ4v) is 1.95. The number of aryl methyl sites for hydroxylation is 2. The van der Waals surface area contributed by atoms with Crippen LogP contribution in [-0.4, -0.2) is 22.5 Å². The number of carbonyl (C=O) groups excluding carboxylic acids is 1. The summed E-state index contributed by atoms with van der Waals surface area (Å²) in [7, 11) is 0. The van der Waals surface area contributed by atoms with E-state index in [1.54, 1.807) is 0 Å². The predicted octanol–water partition coefficient (Wildman–Crippen LogP) is 3.56. The van der Waals surface area contributed by atoms with Crippen molar-refractivity contribution in [2.45, 2.75) is 27.2 Å². The van der Waals surface area contributed by atoms with Crippen molar-refractivity contribution in [3.05, 3.63) is 41.6 Å². The van der Waals surface area contributed by atoms with E-state index in [2.05, 4.69) is 32.8 Å². The molecule has 3 N–H and O–H groups in total. The second-order valence-corrected chi connectivity index (χ2v) is 5.09. The van der Waals surface area contributed by atoms with Crippen LogP contribution < -0.4 is 16.0 Å². The largest absolute Gasteiger partial charge is 0.370 e. The van der Waals surface area contributed by atoms with E-state index in [-0.39, 0.29) is 12.0 Å². The second kappa shape index (κ2) is 7.40. The summed E-state index contributed by atoms with van der Waals surface area (Å²) < 4.78 is 0. The van der Waals surface area contributed by atoms with Gasteiger partial charge in [-0.3, -0.25) is 5.32 Å². The Bertz CT molecular complexity index is 657. The Kier molecular flexibility index (Phi) is 5.30. The van der Waals surface area contributed by atoms with Gasteiger partial charge in [0.1, 0.15) is 5.82 Å². The maximum Gasteiger partial charge on any atom is 0.326 e. The molecular weight excluding hydrogens is 278 g/mol. The summed E-state index contributed by atoms with van der Waals surface area (Å²) in [5.41, 5.74) is 2.60. The highest BCUT2D eigenvalue weighted by molar-refractivity contribution is 5.98. The molecule has 0 bridgehead atoms. The van der Waals surface area contributed by atoms with Crippen molar-refractivity contribution in [3.63, 3.8) is 0 Å². The summed E-state index contributed by atoms with van der Waals surface area (Å²) in [6.45, 7) is 6.74. The Morgan fingerprint density at radius 2 is 1.95 bits per heavy atom. The summed E-state index contributed by atoms with van der Waals surface area (Å²) >= 11 is 0. The Balaban J connectivity index is 2.03. The van der Waals surface area contributed by atoms with Gasteiger partial charge in [0.15, 0.2) is 0 Å². The summed E-state index contributed by atoms with van der Waals surface area (Å²) in [6.07, 6.45) is 1.000. The van der Waals surface area contributed by atoms with Gasteiger partial charge in [-0.15, -0.1) is 0 Å². The van der Waals surface area contributed by atoms with E-state index in [0.29, 0.717) is 5.82 Å². The van der Waals surface area contributed by atoms with Crippen LogP contribution in [0.4, 0.5) is 22.2 Å². The van der Waals surface area contributed by atoms with Crippen LogP contribution >= 0.6 is 0 Å². The van der Waals surface area contributed by atoms with E-state index >= 15 is 0 Å². The fraction of sp³-hybridized carbons (Fsp3) is 0.312. The van der Waals surface area contributed by atoms with Gasteiger partial charge in [-0.05, 0) is 38.0 Å². The summed E-state index contributed by atoms with van der Waals surface area (Å²) in [4.78, 5) is 20.5. The van der Waals surface area contributed by atoms with Crippen molar-refractivity contribution in [1.82, 2.24) is 9.97 Å². The zero-order valence-electron chi connectivity index (χ0n) is 13.1. The third-order valence-electron chi connectivity index (χ3n) is 2.91. The smallest absolute Gasteiger partial charge is 0.326 e. The van der Waals surface area contributed by atoms with Crippen molar-refractivity contribution < 1.29 is 4.79 Å². The molecule has 116 valence electrons. The lowest BCUT2D eigenvalue weighted by molar-refractivity contribution is 0.262. The van der Waals surface area contributed by atoms with Gasteiger partial charge in [-0.25, -0.2) is 9.78 Å². The zero-order chi connectivity index (χ0) is 15.9. The molecule has 2 aromatic rings. The molecule has 0 saturated carbocycles. The highest BCUT2D eigenvalue weighted by Gasteiger charge is 2.07. The maximum atomic E-state index is 12.0. The number of amides is 2. The average Bonchev–Trinajstić information content (AvgIpc) is 2.44. The van der Waals surface area contributed by atoms with Gasteiger partial charge in [0.2, 0.25) is 5.95 Å². The number of urea groups is 1. The molecule has 0 fully saturated rings. The van der Waals surface area contributed by atoms with Crippen molar-refractivity contribution in [1.29, 1.82) is 0 Å². The first-order valence-electron chi connectivity index (χ1n) is 7.31. The van der Waals surface area contributed by atoms with Gasteiger partial charge in [0, 0.05) is 24.0 Å². The van der Waals surface area contributed by atoms with Crippen LogP contribution in [-0.2, 0) is 0 Å². The minimum Gasteiger partial charge on any atom is -0.370 e. The number of hydrogen-bond donors (Lipinski definition) is 3. The molecule has 22 heavy (non-hydrogen) atoms. The van der Waals surface area contributed by atoms with E-state index in [1.807, 2.05) is 44.2 Å². The van der Waals surface area contributed by atoms with Gasteiger partial charge in [-0.1, -0.05) is 19.1 Å². The summed E-state index contributed by atoms with van der Waals surface area (Å²) in [6, 6.07) is 9.07. The third-order valence-corrected chi connectivity index (χ3v) is 2.91. The molecule has 0 aliphatic rings. The minimum atomic E-state index is -0.363. The standard InChI is InChI=1S/C16H21N5O/c1-4-8-17-14-10-12(3)18-15(20-14)21-16(22)19-13-7-5-6-11(2)9-13/h5-7,9-10H,4,8H2,1-3H3,(H3,17,18,19,20,21,22). The molecule has 1 heterocycles. The number of carbonyl (C=O) groups is 1. The van der Waals surface area contributed by atoms with Crippen molar-refractivity contribution in [2.24, 2.45) is 0 Å². The van der Waals surface area contributed by atoms with E-state index in [9.17, 15) is 4.79 Å². The molecule has 0 radical (unpaired) electrons. The molecular formula is C16H21N5O. The molecule has 6 heteroatoms. The van der Waals surface area contributed by atoms with Crippen LogP contribution in [0.25, 0.3) is 0 Å². The first-order valence-corrected chi connectivity index (χ1v) is 7.31. The highest BCUT2D eigenvalue weighted by atomic mass is 16.2. The van der Waals surface area contributed by atoms with Gasteiger partial charge in [0.25, 0.3) is 0 Å². The first-order chi connectivity index (χ1) is 10.6. The minimum absolute atomic E-state index is 0.281. The van der Waals surface area contributed by atoms with Gasteiger partial charge >= 0.3 is 6.03 Å². The Morgan fingerprint density at radius 1 is 1.14 bits per heavy atom. The van der Waals surface area contributed by atoms with Gasteiger partial charge in [-0.2, -0.15) is 4.98 Å². The molecule has 0 saturated heterocycles. The Morgan fingerprint density at radius 3 is 2.68 bits per heavy atom. The number of hydrogen-bond acceptors (Lipinski definition) is 4. The number of nitrogens with zero attached hydrogens (tertiary/aromatic N) is 2. The SMILES string of the molecule is CCCNc1cc(C)nc(NC(=O)Nc2cccc(C)c2)n1. The molecule has 0 spiro atoms. The van der Waals surface area contributed by atoms with Crippen LogP contribution in [0, 0.1) is 13.8 Å². The van der Waals surface area contributed by atoms with E-state index in [0.717, 1.165) is 29.9 Å². The molecule has 2 amide bonds. The monoisotopic (exact) mass is 299 g/mol. The number of anilines is 3. The molecule has 0 atom stereocenters.